The zero-order valence-electron chi connectivity index (χ0n) is 12.6. The van der Waals surface area contributed by atoms with Gasteiger partial charge < -0.3 is 15.0 Å². The molecule has 21 heavy (non-hydrogen) atoms. The predicted octanol–water partition coefficient (Wildman–Crippen LogP) is 2.14. The Morgan fingerprint density at radius 3 is 2.95 bits per heavy atom. The van der Waals surface area contributed by atoms with E-state index < -0.39 is 0 Å². The average Bonchev–Trinajstić information content (AvgIpc) is 3.27. The smallest absolute Gasteiger partial charge is 0.123 e. The summed E-state index contributed by atoms with van der Waals surface area (Å²) in [5.74, 6) is 1.61. The van der Waals surface area contributed by atoms with E-state index in [2.05, 4.69) is 16.3 Å². The van der Waals surface area contributed by atoms with Crippen LogP contribution in [0.5, 0.6) is 5.75 Å². The summed E-state index contributed by atoms with van der Waals surface area (Å²) >= 11 is 0. The van der Waals surface area contributed by atoms with Gasteiger partial charge in [0, 0.05) is 24.7 Å². The molecule has 0 spiro atoms. The molecule has 0 aromatic heterocycles. The van der Waals surface area contributed by atoms with Crippen molar-refractivity contribution in [1.82, 2.24) is 10.2 Å². The van der Waals surface area contributed by atoms with E-state index in [4.69, 9.17) is 10.00 Å². The van der Waals surface area contributed by atoms with Gasteiger partial charge >= 0.3 is 0 Å². The van der Waals surface area contributed by atoms with Crippen LogP contribution in [0, 0.1) is 17.2 Å². The maximum atomic E-state index is 8.99. The maximum absolute atomic E-state index is 8.99. The second-order valence-electron chi connectivity index (χ2n) is 6.15. The number of nitrogens with one attached hydrogen (secondary N) is 1. The van der Waals surface area contributed by atoms with Crippen molar-refractivity contribution in [2.24, 2.45) is 5.92 Å². The second-order valence-corrected chi connectivity index (χ2v) is 6.15. The maximum Gasteiger partial charge on any atom is 0.123 e. The lowest BCUT2D eigenvalue weighted by Gasteiger charge is -2.15. The lowest BCUT2D eigenvalue weighted by Crippen LogP contribution is -2.27. The molecule has 0 amide bonds. The number of benzene rings is 1. The Bertz CT molecular complexity index is 533. The highest BCUT2D eigenvalue weighted by molar-refractivity contribution is 5.41. The summed E-state index contributed by atoms with van der Waals surface area (Å²) in [6, 6.07) is 8.66. The number of hydrogen-bond acceptors (Lipinski definition) is 4. The van der Waals surface area contributed by atoms with E-state index in [1.165, 1.54) is 32.4 Å². The van der Waals surface area contributed by atoms with Gasteiger partial charge in [0.2, 0.25) is 0 Å². The van der Waals surface area contributed by atoms with Crippen molar-refractivity contribution in [3.8, 4) is 11.8 Å². The van der Waals surface area contributed by atoms with Gasteiger partial charge in [-0.3, -0.25) is 0 Å². The molecular weight excluding hydrogens is 262 g/mol. The minimum atomic E-state index is 0.688. The van der Waals surface area contributed by atoms with E-state index in [9.17, 15) is 0 Å². The van der Waals surface area contributed by atoms with Crippen LogP contribution in [0.4, 0.5) is 0 Å². The third-order valence-corrected chi connectivity index (χ3v) is 4.54. The van der Waals surface area contributed by atoms with Crippen LogP contribution in [0.25, 0.3) is 0 Å². The van der Waals surface area contributed by atoms with Crippen molar-refractivity contribution in [2.45, 2.75) is 31.8 Å². The molecule has 1 saturated heterocycles. The van der Waals surface area contributed by atoms with Crippen molar-refractivity contribution in [3.63, 3.8) is 0 Å². The highest BCUT2D eigenvalue weighted by Crippen LogP contribution is 2.31. The molecule has 1 N–H and O–H groups in total. The van der Waals surface area contributed by atoms with E-state index in [0.717, 1.165) is 36.4 Å². The Morgan fingerprint density at radius 1 is 1.38 bits per heavy atom. The molecule has 1 saturated carbocycles. The van der Waals surface area contributed by atoms with E-state index in [1.807, 2.05) is 12.1 Å². The van der Waals surface area contributed by atoms with E-state index in [-0.39, 0.29) is 0 Å². The van der Waals surface area contributed by atoms with Crippen molar-refractivity contribution in [2.75, 3.05) is 26.7 Å². The Balaban J connectivity index is 1.50. The Hall–Kier alpha value is -1.57. The molecule has 1 aliphatic heterocycles. The quantitative estimate of drug-likeness (QED) is 0.870. The summed E-state index contributed by atoms with van der Waals surface area (Å²) in [4.78, 5) is 2.64. The third kappa shape index (κ3) is 3.55. The minimum Gasteiger partial charge on any atom is -0.496 e. The Morgan fingerprint density at radius 2 is 2.24 bits per heavy atom. The number of methoxy groups -OCH3 is 1. The summed E-state index contributed by atoms with van der Waals surface area (Å²) in [7, 11) is 1.68. The third-order valence-electron chi connectivity index (χ3n) is 4.54. The first-order chi connectivity index (χ1) is 10.3. The molecule has 3 rings (SSSR count). The van der Waals surface area contributed by atoms with Crippen LogP contribution in [-0.2, 0) is 6.54 Å². The van der Waals surface area contributed by atoms with E-state index in [0.29, 0.717) is 5.56 Å². The fraction of sp³-hybridized carbons (Fsp3) is 0.588. The van der Waals surface area contributed by atoms with Crippen LogP contribution in [-0.4, -0.2) is 37.7 Å². The summed E-state index contributed by atoms with van der Waals surface area (Å²) in [5.41, 5.74) is 1.75. The predicted molar refractivity (Wildman–Crippen MR) is 82.1 cm³/mol. The monoisotopic (exact) mass is 285 g/mol. The molecule has 0 radical (unpaired) electrons. The molecule has 4 nitrogen and oxygen atoms in total. The fourth-order valence-corrected chi connectivity index (χ4v) is 3.20. The first kappa shape index (κ1) is 14.4. The Labute approximate surface area is 126 Å². The molecule has 0 bridgehead atoms. The van der Waals surface area contributed by atoms with Crippen LogP contribution in [0.3, 0.4) is 0 Å². The minimum absolute atomic E-state index is 0.688. The summed E-state index contributed by atoms with van der Waals surface area (Å²) in [6.45, 7) is 4.32. The number of likely N-dealkylation sites (tertiary alicyclic amines) is 1. The Kier molecular flexibility index (Phi) is 4.42. The molecular formula is C17H23N3O. The van der Waals surface area contributed by atoms with Crippen molar-refractivity contribution in [3.05, 3.63) is 29.3 Å². The summed E-state index contributed by atoms with van der Waals surface area (Å²) in [5, 5.41) is 12.5. The molecule has 1 heterocycles. The van der Waals surface area contributed by atoms with Gasteiger partial charge in [-0.1, -0.05) is 0 Å². The largest absolute Gasteiger partial charge is 0.496 e. The molecule has 1 unspecified atom stereocenters. The zero-order valence-corrected chi connectivity index (χ0v) is 12.6. The van der Waals surface area contributed by atoms with Crippen LogP contribution in [0.15, 0.2) is 18.2 Å². The topological polar surface area (TPSA) is 48.3 Å². The standard InChI is InChI=1S/C17H23N3O/c1-21-17-5-2-13(9-18)8-15(17)11-19-10-14-6-7-20(12-14)16-3-4-16/h2,5,8,14,16,19H,3-4,6-7,10-12H2,1H3. The molecule has 1 aromatic rings. The van der Waals surface area contributed by atoms with Crippen molar-refractivity contribution in [1.29, 1.82) is 5.26 Å². The molecule has 2 fully saturated rings. The van der Waals surface area contributed by atoms with Crippen LogP contribution < -0.4 is 10.1 Å². The second kappa shape index (κ2) is 6.46. The number of nitriles is 1. The van der Waals surface area contributed by atoms with Gasteiger partial charge in [-0.15, -0.1) is 0 Å². The molecule has 112 valence electrons. The van der Waals surface area contributed by atoms with Crippen LogP contribution in [0.2, 0.25) is 0 Å². The van der Waals surface area contributed by atoms with Gasteiger partial charge in [-0.05, 0) is 56.5 Å². The number of hydrogen-bond donors (Lipinski definition) is 1. The first-order valence-corrected chi connectivity index (χ1v) is 7.82. The average molecular weight is 285 g/mol. The first-order valence-electron chi connectivity index (χ1n) is 7.82. The highest BCUT2D eigenvalue weighted by Gasteiger charge is 2.33. The van der Waals surface area contributed by atoms with Crippen LogP contribution >= 0.6 is 0 Å². The summed E-state index contributed by atoms with van der Waals surface area (Å²) in [6.07, 6.45) is 4.11. The van der Waals surface area contributed by atoms with Gasteiger partial charge in [0.15, 0.2) is 0 Å². The molecule has 4 heteroatoms. The normalized spacial score (nSPS) is 22.2. The fourth-order valence-electron chi connectivity index (χ4n) is 3.20. The van der Waals surface area contributed by atoms with Gasteiger partial charge in [0.25, 0.3) is 0 Å². The van der Waals surface area contributed by atoms with Gasteiger partial charge in [-0.2, -0.15) is 5.26 Å². The zero-order chi connectivity index (χ0) is 14.7. The molecule has 2 aliphatic rings. The lowest BCUT2D eigenvalue weighted by atomic mass is 10.1. The lowest BCUT2D eigenvalue weighted by molar-refractivity contribution is 0.311. The van der Waals surface area contributed by atoms with Crippen LogP contribution in [0.1, 0.15) is 30.4 Å². The van der Waals surface area contributed by atoms with E-state index in [1.54, 1.807) is 13.2 Å². The van der Waals surface area contributed by atoms with Crippen molar-refractivity contribution < 1.29 is 4.74 Å². The number of nitrogens with zero attached hydrogens (tertiary/aromatic N) is 2. The highest BCUT2D eigenvalue weighted by atomic mass is 16.5. The molecule has 1 atom stereocenters. The van der Waals surface area contributed by atoms with Gasteiger partial charge in [0.05, 0.1) is 18.7 Å². The van der Waals surface area contributed by atoms with Crippen molar-refractivity contribution >= 4 is 0 Å². The van der Waals surface area contributed by atoms with Gasteiger partial charge in [0.1, 0.15) is 5.75 Å². The number of ether oxygens (including phenoxy) is 1. The van der Waals surface area contributed by atoms with Gasteiger partial charge in [-0.25, -0.2) is 0 Å². The summed E-state index contributed by atoms with van der Waals surface area (Å²) < 4.78 is 5.37. The molecule has 1 aromatic carbocycles. The van der Waals surface area contributed by atoms with E-state index >= 15 is 0 Å². The molecule has 1 aliphatic carbocycles. The number of rotatable bonds is 6. The SMILES string of the molecule is COc1ccc(C#N)cc1CNCC1CCN(C2CC2)C1.